The smallest absolute Gasteiger partial charge is 0.257 e. The molecule has 0 bridgehead atoms. The van der Waals surface area contributed by atoms with Crippen molar-refractivity contribution in [2.75, 3.05) is 39.0 Å². The fourth-order valence-electron chi connectivity index (χ4n) is 4.74. The lowest BCUT2D eigenvalue weighted by Gasteiger charge is -2.53. The van der Waals surface area contributed by atoms with Gasteiger partial charge < -0.3 is 20.6 Å². The van der Waals surface area contributed by atoms with Crippen molar-refractivity contribution < 1.29 is 9.90 Å². The first-order chi connectivity index (χ1) is 13.5. The first kappa shape index (κ1) is 18.8. The van der Waals surface area contributed by atoms with Gasteiger partial charge in [-0.25, -0.2) is 9.97 Å². The molecule has 0 saturated carbocycles. The van der Waals surface area contributed by atoms with Crippen LogP contribution in [0.5, 0.6) is 0 Å². The number of nitrogens with zero attached hydrogens (tertiary/aromatic N) is 4. The highest BCUT2D eigenvalue weighted by Crippen LogP contribution is 2.42. The molecule has 2 fully saturated rings. The Balaban J connectivity index is 1.64. The molecule has 0 unspecified atom stereocenters. The fourth-order valence-corrected chi connectivity index (χ4v) is 4.74. The van der Waals surface area contributed by atoms with Gasteiger partial charge in [0.2, 0.25) is 5.95 Å². The van der Waals surface area contributed by atoms with Crippen LogP contribution < -0.4 is 5.73 Å². The molecule has 0 radical (unpaired) electrons. The molecule has 148 valence electrons. The lowest BCUT2D eigenvalue weighted by atomic mass is 9.69. The number of hydrogen-bond donors (Lipinski definition) is 2. The number of carbonyl (C=O) groups is 1. The van der Waals surface area contributed by atoms with Crippen LogP contribution >= 0.6 is 0 Å². The lowest BCUT2D eigenvalue weighted by Crippen LogP contribution is -2.62. The normalized spacial score (nSPS) is 25.4. The number of rotatable bonds is 3. The number of piperidine rings is 2. The Morgan fingerprint density at radius 1 is 1.29 bits per heavy atom. The molecule has 4 rings (SSSR count). The average Bonchev–Trinajstić information content (AvgIpc) is 2.74. The summed E-state index contributed by atoms with van der Waals surface area (Å²) in [4.78, 5) is 26.0. The van der Waals surface area contributed by atoms with E-state index in [1.165, 1.54) is 6.20 Å². The SMILES string of the molecule is CN1CCC[C@]2(CO)CCN(C(=O)c3cnc(N)nc3-c3ccccc3)C[C@@H]12. The number of benzene rings is 1. The van der Waals surface area contributed by atoms with E-state index in [1.807, 2.05) is 35.2 Å². The summed E-state index contributed by atoms with van der Waals surface area (Å²) in [5, 5.41) is 10.1. The van der Waals surface area contributed by atoms with E-state index in [-0.39, 0.29) is 29.9 Å². The summed E-state index contributed by atoms with van der Waals surface area (Å²) in [6, 6.07) is 9.75. The number of nitrogens with two attached hydrogens (primary N) is 1. The number of aromatic nitrogens is 2. The third-order valence-corrected chi connectivity index (χ3v) is 6.38. The molecule has 28 heavy (non-hydrogen) atoms. The zero-order valence-corrected chi connectivity index (χ0v) is 16.2. The summed E-state index contributed by atoms with van der Waals surface area (Å²) in [7, 11) is 2.09. The predicted molar refractivity (Wildman–Crippen MR) is 108 cm³/mol. The van der Waals surface area contributed by atoms with Gasteiger partial charge in [0.1, 0.15) is 0 Å². The Labute approximate surface area is 165 Å². The Morgan fingerprint density at radius 2 is 2.07 bits per heavy atom. The number of likely N-dealkylation sites (tertiary alicyclic amines) is 2. The van der Waals surface area contributed by atoms with E-state index in [1.54, 1.807) is 0 Å². The molecule has 1 aromatic carbocycles. The molecule has 1 amide bonds. The maximum Gasteiger partial charge on any atom is 0.257 e. The van der Waals surface area contributed by atoms with Gasteiger partial charge >= 0.3 is 0 Å². The first-order valence-electron chi connectivity index (χ1n) is 9.82. The zero-order valence-electron chi connectivity index (χ0n) is 16.2. The molecular formula is C21H27N5O2. The minimum absolute atomic E-state index is 0.0793. The van der Waals surface area contributed by atoms with Crippen LogP contribution in [0.15, 0.2) is 36.5 Å². The van der Waals surface area contributed by atoms with Crippen LogP contribution in [0.25, 0.3) is 11.3 Å². The van der Waals surface area contributed by atoms with Crippen LogP contribution in [0.1, 0.15) is 29.6 Å². The molecular weight excluding hydrogens is 354 g/mol. The molecule has 0 spiro atoms. The Hall–Kier alpha value is -2.51. The molecule has 2 aliphatic rings. The summed E-state index contributed by atoms with van der Waals surface area (Å²) >= 11 is 0. The highest BCUT2D eigenvalue weighted by atomic mass is 16.3. The third-order valence-electron chi connectivity index (χ3n) is 6.38. The number of aliphatic hydroxyl groups is 1. The van der Waals surface area contributed by atoms with Gasteiger partial charge in [-0.2, -0.15) is 0 Å². The number of likely N-dealkylation sites (N-methyl/N-ethyl adjacent to an activating group) is 1. The largest absolute Gasteiger partial charge is 0.396 e. The number of hydrogen-bond acceptors (Lipinski definition) is 6. The fraction of sp³-hybridized carbons (Fsp3) is 0.476. The highest BCUT2D eigenvalue weighted by Gasteiger charge is 2.47. The molecule has 1 aromatic heterocycles. The van der Waals surface area contributed by atoms with Gasteiger partial charge in [0.15, 0.2) is 0 Å². The predicted octanol–water partition coefficient (Wildman–Crippen LogP) is 1.64. The molecule has 0 aliphatic carbocycles. The Morgan fingerprint density at radius 3 is 2.82 bits per heavy atom. The maximum absolute atomic E-state index is 13.4. The summed E-state index contributed by atoms with van der Waals surface area (Å²) < 4.78 is 0. The molecule has 7 nitrogen and oxygen atoms in total. The highest BCUT2D eigenvalue weighted by molar-refractivity contribution is 5.99. The van der Waals surface area contributed by atoms with Gasteiger partial charge in [-0.1, -0.05) is 30.3 Å². The zero-order chi connectivity index (χ0) is 19.7. The standard InChI is InChI=1S/C21H27N5O2/c1-25-10-5-8-21(14-27)9-11-26(13-17(21)25)19(28)16-12-23-20(22)24-18(16)15-6-3-2-4-7-15/h2-4,6-7,12,17,27H,5,8-11,13-14H2,1H3,(H2,22,23,24)/t17-,21-/m1/s1. The monoisotopic (exact) mass is 381 g/mol. The van der Waals surface area contributed by atoms with Crippen molar-refractivity contribution in [3.63, 3.8) is 0 Å². The minimum Gasteiger partial charge on any atom is -0.396 e. The van der Waals surface area contributed by atoms with E-state index in [4.69, 9.17) is 5.73 Å². The van der Waals surface area contributed by atoms with E-state index >= 15 is 0 Å². The molecule has 2 aromatic rings. The Bertz CT molecular complexity index is 859. The van der Waals surface area contributed by atoms with Crippen LogP contribution in [0.2, 0.25) is 0 Å². The molecule has 7 heteroatoms. The van der Waals surface area contributed by atoms with E-state index in [0.29, 0.717) is 24.3 Å². The number of aliphatic hydroxyl groups excluding tert-OH is 1. The summed E-state index contributed by atoms with van der Waals surface area (Å²) in [6.45, 7) is 2.40. The van der Waals surface area contributed by atoms with E-state index in [0.717, 1.165) is 31.4 Å². The second-order valence-corrected chi connectivity index (χ2v) is 7.98. The van der Waals surface area contributed by atoms with Crippen LogP contribution in [-0.4, -0.2) is 70.1 Å². The van der Waals surface area contributed by atoms with E-state index in [9.17, 15) is 9.90 Å². The van der Waals surface area contributed by atoms with Crippen molar-refractivity contribution in [3.8, 4) is 11.3 Å². The average molecular weight is 381 g/mol. The van der Waals surface area contributed by atoms with Crippen LogP contribution in [0.3, 0.4) is 0 Å². The third kappa shape index (κ3) is 3.25. The van der Waals surface area contributed by atoms with Crippen molar-refractivity contribution in [3.05, 3.63) is 42.1 Å². The number of nitrogen functional groups attached to an aromatic ring is 1. The van der Waals surface area contributed by atoms with Gasteiger partial charge in [0.05, 0.1) is 17.9 Å². The number of amides is 1. The summed E-state index contributed by atoms with van der Waals surface area (Å²) in [5.41, 5.74) is 7.57. The van der Waals surface area contributed by atoms with E-state index in [2.05, 4.69) is 21.9 Å². The van der Waals surface area contributed by atoms with Gasteiger partial charge in [-0.3, -0.25) is 4.79 Å². The van der Waals surface area contributed by atoms with Crippen molar-refractivity contribution >= 4 is 11.9 Å². The molecule has 2 saturated heterocycles. The van der Waals surface area contributed by atoms with Gasteiger partial charge in [-0.05, 0) is 32.9 Å². The van der Waals surface area contributed by atoms with Crippen molar-refractivity contribution in [1.82, 2.24) is 19.8 Å². The van der Waals surface area contributed by atoms with Crippen LogP contribution in [0.4, 0.5) is 5.95 Å². The molecule has 3 heterocycles. The minimum atomic E-state index is -0.107. The quantitative estimate of drug-likeness (QED) is 0.839. The van der Waals surface area contributed by atoms with Crippen LogP contribution in [-0.2, 0) is 0 Å². The Kier molecular flexibility index (Phi) is 5.03. The summed E-state index contributed by atoms with van der Waals surface area (Å²) in [5.74, 6) is 0.0738. The van der Waals surface area contributed by atoms with E-state index < -0.39 is 0 Å². The molecule has 2 aliphatic heterocycles. The van der Waals surface area contributed by atoms with Gasteiger partial charge in [0, 0.05) is 36.3 Å². The first-order valence-corrected chi connectivity index (χ1v) is 9.82. The topological polar surface area (TPSA) is 95.6 Å². The number of carbonyl (C=O) groups excluding carboxylic acids is 1. The molecule has 3 N–H and O–H groups in total. The van der Waals surface area contributed by atoms with Gasteiger partial charge in [-0.15, -0.1) is 0 Å². The second-order valence-electron chi connectivity index (χ2n) is 7.98. The lowest BCUT2D eigenvalue weighted by molar-refractivity contribution is -0.0601. The van der Waals surface area contributed by atoms with Crippen molar-refractivity contribution in [2.45, 2.75) is 25.3 Å². The maximum atomic E-state index is 13.4. The number of anilines is 1. The molecule has 2 atom stereocenters. The van der Waals surface area contributed by atoms with Gasteiger partial charge in [0.25, 0.3) is 5.91 Å². The summed E-state index contributed by atoms with van der Waals surface area (Å²) in [6.07, 6.45) is 4.44. The van der Waals surface area contributed by atoms with Crippen molar-refractivity contribution in [2.24, 2.45) is 5.41 Å². The number of fused-ring (bicyclic) bond motifs is 1. The van der Waals surface area contributed by atoms with Crippen molar-refractivity contribution in [1.29, 1.82) is 0 Å². The second kappa shape index (κ2) is 7.48. The van der Waals surface area contributed by atoms with Crippen LogP contribution in [0, 0.1) is 5.41 Å².